The molecule has 0 saturated carbocycles. The number of rotatable bonds is 10. The number of carbonyl (C=O) groups is 2. The minimum atomic E-state index is -3.17. The molecule has 8 aliphatic heterocycles. The molecule has 4 atom stereocenters. The summed E-state index contributed by atoms with van der Waals surface area (Å²) in [7, 11) is -4.13. The Morgan fingerprint density at radius 2 is 0.796 bits per heavy atom. The Hall–Kier alpha value is -2.49. The van der Waals surface area contributed by atoms with Gasteiger partial charge in [-0.2, -0.15) is 16.8 Å². The number of pyridine rings is 1. The van der Waals surface area contributed by atoms with E-state index >= 15 is 0 Å². The van der Waals surface area contributed by atoms with E-state index in [1.54, 1.807) is 16.7 Å². The van der Waals surface area contributed by atoms with Crippen molar-refractivity contribution in [2.75, 3.05) is 104 Å². The van der Waals surface area contributed by atoms with E-state index in [1.165, 1.54) is 103 Å². The van der Waals surface area contributed by atoms with Crippen LogP contribution in [0.4, 0.5) is 0 Å². The Bertz CT molecular complexity index is 2670. The van der Waals surface area contributed by atoms with Crippen LogP contribution < -0.4 is 5.56 Å². The van der Waals surface area contributed by atoms with Crippen LogP contribution in [0.2, 0.25) is 0 Å². The second kappa shape index (κ2) is 45.0. The first-order chi connectivity index (χ1) is 46.7. The molecular formula is C84H163N5O12S2. The van der Waals surface area contributed by atoms with Gasteiger partial charge >= 0.3 is 0 Å². The van der Waals surface area contributed by atoms with Crippen molar-refractivity contribution in [3.63, 3.8) is 0 Å². The van der Waals surface area contributed by atoms with Crippen molar-refractivity contribution in [2.45, 2.75) is 340 Å². The molecule has 9 rings (SSSR count). The highest BCUT2D eigenvalue weighted by atomic mass is 32.2. The monoisotopic (exact) mass is 1500 g/mol. The minimum Gasteiger partial charge on any atom is -0.381 e. The van der Waals surface area contributed by atoms with Crippen LogP contribution in [0.1, 0.15) is 309 Å². The Balaban J connectivity index is 0.000000581. The fourth-order valence-corrected chi connectivity index (χ4v) is 15.6. The summed E-state index contributed by atoms with van der Waals surface area (Å²) < 4.78 is 71.3. The lowest BCUT2D eigenvalue weighted by molar-refractivity contribution is -0.133. The second-order valence-electron chi connectivity index (χ2n) is 41.7. The van der Waals surface area contributed by atoms with Gasteiger partial charge in [0.05, 0.1) is 49.1 Å². The van der Waals surface area contributed by atoms with Crippen LogP contribution in [-0.2, 0) is 58.9 Å². The lowest BCUT2D eigenvalue weighted by atomic mass is 9.84. The van der Waals surface area contributed by atoms with Crippen molar-refractivity contribution < 1.29 is 49.0 Å². The molecule has 17 nitrogen and oxygen atoms in total. The Morgan fingerprint density at radius 1 is 0.408 bits per heavy atom. The molecule has 103 heavy (non-hydrogen) atoms. The molecule has 1 aromatic rings. The smallest absolute Gasteiger partial charge is 0.267 e. The molecule has 0 bridgehead atoms. The first-order valence-electron chi connectivity index (χ1n) is 40.0. The molecule has 8 fully saturated rings. The summed E-state index contributed by atoms with van der Waals surface area (Å²) in [5.74, 6) is 1.92. The lowest BCUT2D eigenvalue weighted by Gasteiger charge is -2.33. The van der Waals surface area contributed by atoms with E-state index in [0.29, 0.717) is 58.5 Å². The van der Waals surface area contributed by atoms with E-state index in [1.807, 2.05) is 17.2 Å². The van der Waals surface area contributed by atoms with E-state index in [2.05, 4.69) is 209 Å². The maximum absolute atomic E-state index is 11.8. The summed E-state index contributed by atoms with van der Waals surface area (Å²) in [6.07, 6.45) is 23.2. The van der Waals surface area contributed by atoms with Gasteiger partial charge in [0.1, 0.15) is 0 Å². The standard InChI is InChI=1S/C12H23NO.C11H24N2.C10H15NO.C9H17NO.2C9H18O.2C8H16O3S.C8H16O/c1-12(2,3)10-13-9-7-5-4-6-8-11(13)14;1-11(2,3)5-6-13-9-7-12(4)8-10-13;1-10(2,3)8-11-7-5-4-6-9(11)12;1-9(2,3)7-10-6-4-5-8(10)11;2*1-9(2,3)7-8-5-4-6-10-8;2*1-8(2,3)6-7-4-5-12(9,10)11-7;1-8(2,3)4-7-5-9-6-7/h4-10H2,1-3H3;5-10H2,1-4H3;4-7H,8H2,1-3H3;4-7H2,1-3H3;2*8H,4-7H2,1-3H3;2*7H,4-6H2,1-3H3;7H,4-6H2,1-3H3/t;;;;2*8-;2*7-;/m....1010./s1. The number of likely N-dealkylation sites (tertiary alicyclic amines) is 2. The Kier molecular flexibility index (Phi) is 43.0. The molecule has 19 heteroatoms. The minimum absolute atomic E-state index is 0.0763. The molecule has 0 N–H and O–H groups in total. The van der Waals surface area contributed by atoms with Crippen LogP contribution in [0.15, 0.2) is 29.2 Å². The molecule has 0 unspecified atom stereocenters. The van der Waals surface area contributed by atoms with Crippen LogP contribution in [0.25, 0.3) is 0 Å². The van der Waals surface area contributed by atoms with Gasteiger partial charge in [0, 0.05) is 103 Å². The van der Waals surface area contributed by atoms with Gasteiger partial charge in [-0.25, -0.2) is 0 Å². The van der Waals surface area contributed by atoms with Crippen LogP contribution in [0.5, 0.6) is 0 Å². The van der Waals surface area contributed by atoms with E-state index in [4.69, 9.17) is 22.6 Å². The molecule has 1 aromatic heterocycles. The zero-order valence-corrected chi connectivity index (χ0v) is 73.5. The van der Waals surface area contributed by atoms with E-state index in [-0.39, 0.29) is 56.3 Å². The van der Waals surface area contributed by atoms with Crippen molar-refractivity contribution in [1.29, 1.82) is 0 Å². The predicted molar refractivity (Wildman–Crippen MR) is 432 cm³/mol. The van der Waals surface area contributed by atoms with Crippen molar-refractivity contribution in [3.05, 3.63) is 34.7 Å². The van der Waals surface area contributed by atoms with Crippen LogP contribution in [0, 0.1) is 54.7 Å². The van der Waals surface area contributed by atoms with Crippen LogP contribution in [0.3, 0.4) is 0 Å². The molecule has 0 spiro atoms. The van der Waals surface area contributed by atoms with E-state index in [0.717, 1.165) is 104 Å². The highest BCUT2D eigenvalue weighted by Gasteiger charge is 2.34. The van der Waals surface area contributed by atoms with Crippen LogP contribution >= 0.6 is 0 Å². The van der Waals surface area contributed by atoms with Gasteiger partial charge in [0.2, 0.25) is 11.8 Å². The summed E-state index contributed by atoms with van der Waals surface area (Å²) in [4.78, 5) is 43.2. The Labute approximate surface area is 634 Å². The largest absolute Gasteiger partial charge is 0.381 e. The lowest BCUT2D eigenvalue weighted by Crippen LogP contribution is -2.45. The molecule has 8 saturated heterocycles. The zero-order valence-electron chi connectivity index (χ0n) is 71.9. The average molecular weight is 1500 g/mol. The number of amides is 2. The zero-order chi connectivity index (χ0) is 79.1. The van der Waals surface area contributed by atoms with E-state index in [9.17, 15) is 31.2 Å². The second-order valence-corrected chi connectivity index (χ2v) is 45.2. The molecular weight excluding hydrogens is 1340 g/mol. The topological polar surface area (TPSA) is 184 Å². The first-order valence-corrected chi connectivity index (χ1v) is 43.1. The van der Waals surface area contributed by atoms with Gasteiger partial charge < -0.3 is 38.4 Å². The van der Waals surface area contributed by atoms with Gasteiger partial charge in [-0.15, -0.1) is 0 Å². The number of piperazine rings is 1. The van der Waals surface area contributed by atoms with Gasteiger partial charge in [0.25, 0.3) is 25.8 Å². The summed E-state index contributed by atoms with van der Waals surface area (Å²) in [5.41, 5.74) is 2.86. The summed E-state index contributed by atoms with van der Waals surface area (Å²) in [6.45, 7) is 74.1. The highest BCUT2D eigenvalue weighted by molar-refractivity contribution is 7.87. The highest BCUT2D eigenvalue weighted by Crippen LogP contribution is 2.33. The quantitative estimate of drug-likeness (QED) is 0.202. The van der Waals surface area contributed by atoms with Crippen LogP contribution in [-0.4, -0.2) is 181 Å². The van der Waals surface area contributed by atoms with Crippen molar-refractivity contribution in [3.8, 4) is 0 Å². The Morgan fingerprint density at radius 3 is 1.11 bits per heavy atom. The molecule has 0 aromatic carbocycles. The average Bonchev–Trinajstić information content (AvgIpc) is 1.76. The number of carbonyl (C=O) groups excluding carboxylic acids is 2. The molecule has 608 valence electrons. The van der Waals surface area contributed by atoms with Gasteiger partial charge in [-0.3, -0.25) is 22.7 Å². The number of ether oxygens (including phenoxy) is 3. The van der Waals surface area contributed by atoms with Gasteiger partial charge in [-0.05, 0) is 165 Å². The third kappa shape index (κ3) is 56.4. The first kappa shape index (κ1) is 98.5. The van der Waals surface area contributed by atoms with Gasteiger partial charge in [-0.1, -0.05) is 206 Å². The fourth-order valence-electron chi connectivity index (χ4n) is 13.1. The molecule has 0 aliphatic carbocycles. The normalized spacial score (nSPS) is 23.0. The van der Waals surface area contributed by atoms with Crippen molar-refractivity contribution in [2.24, 2.45) is 54.7 Å². The number of nitrogens with zero attached hydrogens (tertiary/aromatic N) is 5. The molecule has 2 amide bonds. The third-order valence-corrected chi connectivity index (χ3v) is 20.3. The summed E-state index contributed by atoms with van der Waals surface area (Å²) in [5, 5.41) is 0. The van der Waals surface area contributed by atoms with Gasteiger partial charge in [0.15, 0.2) is 0 Å². The number of likely N-dealkylation sites (N-methyl/N-ethyl adjacent to an activating group) is 1. The molecule has 8 aliphatic rings. The summed E-state index contributed by atoms with van der Waals surface area (Å²) >= 11 is 0. The SMILES string of the molecule is CC(C)(C)CC1COC1.CC(C)(C)CN1CCCC1=O.CC(C)(C)CN1CCCCCCC1=O.CC(C)(C)C[C@@H]1CCCO1.CC(C)(C)C[C@@H]1CCS(=O)(=O)O1.CC(C)(C)C[C@H]1CCCO1.CC(C)(C)C[C@H]1CCS(=O)(=O)O1.CC(C)(C)Cn1ccccc1=O.CN1CCN(CCC(C)(C)C)CC1. The molecule has 0 radical (unpaired) electrons. The number of hydrogen-bond donors (Lipinski definition) is 0. The summed E-state index contributed by atoms with van der Waals surface area (Å²) in [6, 6.07) is 5.24. The number of hydrogen-bond acceptors (Lipinski definition) is 14. The molecule has 9 heterocycles. The maximum atomic E-state index is 11.8. The third-order valence-electron chi connectivity index (χ3n) is 17.7. The van der Waals surface area contributed by atoms with E-state index < -0.39 is 20.2 Å². The number of aromatic nitrogens is 1. The van der Waals surface area contributed by atoms with Crippen molar-refractivity contribution in [1.82, 2.24) is 24.2 Å². The fraction of sp³-hybridized carbons (Fsp3) is 0.917. The predicted octanol–water partition coefficient (Wildman–Crippen LogP) is 18.4. The van der Waals surface area contributed by atoms with Crippen molar-refractivity contribution >= 4 is 32.1 Å². The maximum Gasteiger partial charge on any atom is 0.267 e.